The molecule has 0 spiro atoms. The number of halogens is 1. The molecule has 27 heavy (non-hydrogen) atoms. The first kappa shape index (κ1) is 17.9. The summed E-state index contributed by atoms with van der Waals surface area (Å²) in [4.78, 5) is 25.5. The van der Waals surface area contributed by atoms with Gasteiger partial charge in [-0.2, -0.15) is 0 Å². The first-order valence-corrected chi connectivity index (χ1v) is 9.55. The molecular formula is C22H23FN2O2. The van der Waals surface area contributed by atoms with Gasteiger partial charge in [-0.3, -0.25) is 9.59 Å². The van der Waals surface area contributed by atoms with Crippen molar-refractivity contribution in [1.82, 2.24) is 10.6 Å². The van der Waals surface area contributed by atoms with Gasteiger partial charge in [0, 0.05) is 29.8 Å². The van der Waals surface area contributed by atoms with Crippen molar-refractivity contribution in [3.63, 3.8) is 0 Å². The monoisotopic (exact) mass is 366 g/mol. The van der Waals surface area contributed by atoms with E-state index in [1.54, 1.807) is 24.3 Å². The zero-order chi connectivity index (χ0) is 18.8. The SMILES string of the molecule is O=C(NC[C@@H]1C[C@@H]2CCC[C@@H]2N1)c1ccccc1C(=O)c1ccc(F)cc1. The molecule has 2 aromatic rings. The maximum Gasteiger partial charge on any atom is 0.252 e. The minimum absolute atomic E-state index is 0.250. The van der Waals surface area contributed by atoms with Crippen LogP contribution in [0.15, 0.2) is 48.5 Å². The van der Waals surface area contributed by atoms with E-state index in [2.05, 4.69) is 10.6 Å². The van der Waals surface area contributed by atoms with Gasteiger partial charge in [-0.15, -0.1) is 0 Å². The molecule has 0 radical (unpaired) electrons. The molecule has 4 rings (SSSR count). The van der Waals surface area contributed by atoms with Gasteiger partial charge < -0.3 is 10.6 Å². The summed E-state index contributed by atoms with van der Waals surface area (Å²) in [6, 6.07) is 13.0. The second kappa shape index (κ2) is 7.61. The number of carbonyl (C=O) groups excluding carboxylic acids is 2. The van der Waals surface area contributed by atoms with Crippen LogP contribution in [0.2, 0.25) is 0 Å². The number of carbonyl (C=O) groups is 2. The lowest BCUT2D eigenvalue weighted by molar-refractivity contribution is 0.0938. The van der Waals surface area contributed by atoms with Crippen LogP contribution in [0.5, 0.6) is 0 Å². The number of ketones is 1. The van der Waals surface area contributed by atoms with E-state index >= 15 is 0 Å². The molecule has 4 nitrogen and oxygen atoms in total. The van der Waals surface area contributed by atoms with E-state index in [1.165, 1.54) is 43.5 Å². The van der Waals surface area contributed by atoms with Gasteiger partial charge in [0.2, 0.25) is 0 Å². The number of nitrogens with one attached hydrogen (secondary N) is 2. The second-order valence-electron chi connectivity index (χ2n) is 7.49. The number of hydrogen-bond donors (Lipinski definition) is 2. The molecule has 0 bridgehead atoms. The summed E-state index contributed by atoms with van der Waals surface area (Å²) in [5, 5.41) is 6.58. The highest BCUT2D eigenvalue weighted by Crippen LogP contribution is 2.34. The van der Waals surface area contributed by atoms with Crippen molar-refractivity contribution >= 4 is 11.7 Å². The summed E-state index contributed by atoms with van der Waals surface area (Å²) in [5.41, 5.74) is 1.05. The van der Waals surface area contributed by atoms with Gasteiger partial charge in [-0.25, -0.2) is 4.39 Å². The summed E-state index contributed by atoms with van der Waals surface area (Å²) in [7, 11) is 0. The second-order valence-corrected chi connectivity index (χ2v) is 7.49. The highest BCUT2D eigenvalue weighted by Gasteiger charge is 2.36. The van der Waals surface area contributed by atoms with Gasteiger partial charge in [-0.1, -0.05) is 24.6 Å². The molecule has 1 amide bonds. The fourth-order valence-corrected chi connectivity index (χ4v) is 4.36. The number of rotatable bonds is 5. The Morgan fingerprint density at radius 1 is 1.04 bits per heavy atom. The molecule has 1 saturated carbocycles. The minimum atomic E-state index is -0.397. The van der Waals surface area contributed by atoms with E-state index in [0.717, 1.165) is 12.3 Å². The average molecular weight is 366 g/mol. The molecular weight excluding hydrogens is 343 g/mol. The van der Waals surface area contributed by atoms with E-state index in [9.17, 15) is 14.0 Å². The Bertz CT molecular complexity index is 838. The Morgan fingerprint density at radius 2 is 1.78 bits per heavy atom. The third kappa shape index (κ3) is 3.78. The molecule has 1 aliphatic heterocycles. The van der Waals surface area contributed by atoms with E-state index in [1.807, 2.05) is 0 Å². The molecule has 1 heterocycles. The van der Waals surface area contributed by atoms with Crippen LogP contribution in [-0.2, 0) is 0 Å². The normalized spacial score (nSPS) is 23.8. The number of benzene rings is 2. The lowest BCUT2D eigenvalue weighted by Gasteiger charge is -2.15. The van der Waals surface area contributed by atoms with E-state index in [0.29, 0.717) is 35.3 Å². The molecule has 1 saturated heterocycles. The molecule has 140 valence electrons. The Labute approximate surface area is 158 Å². The van der Waals surface area contributed by atoms with Crippen molar-refractivity contribution < 1.29 is 14.0 Å². The van der Waals surface area contributed by atoms with Crippen LogP contribution in [0.3, 0.4) is 0 Å². The van der Waals surface area contributed by atoms with E-state index < -0.39 is 5.82 Å². The minimum Gasteiger partial charge on any atom is -0.350 e. The molecule has 2 aromatic carbocycles. The van der Waals surface area contributed by atoms with Crippen LogP contribution >= 0.6 is 0 Å². The Kier molecular flexibility index (Phi) is 5.03. The fourth-order valence-electron chi connectivity index (χ4n) is 4.36. The Morgan fingerprint density at radius 3 is 2.52 bits per heavy atom. The van der Waals surface area contributed by atoms with Gasteiger partial charge in [-0.05, 0) is 55.5 Å². The largest absolute Gasteiger partial charge is 0.350 e. The molecule has 2 fully saturated rings. The first-order valence-electron chi connectivity index (χ1n) is 9.55. The summed E-state index contributed by atoms with van der Waals surface area (Å²) in [6.45, 7) is 0.560. The van der Waals surface area contributed by atoms with E-state index in [-0.39, 0.29) is 11.7 Å². The van der Waals surface area contributed by atoms with Crippen LogP contribution in [0.1, 0.15) is 52.0 Å². The summed E-state index contributed by atoms with van der Waals surface area (Å²) < 4.78 is 13.1. The van der Waals surface area contributed by atoms with Crippen molar-refractivity contribution in [3.8, 4) is 0 Å². The molecule has 2 N–H and O–H groups in total. The summed E-state index contributed by atoms with van der Waals surface area (Å²) in [6.07, 6.45) is 4.89. The third-order valence-corrected chi connectivity index (χ3v) is 5.73. The smallest absolute Gasteiger partial charge is 0.252 e. The lowest BCUT2D eigenvalue weighted by Crippen LogP contribution is -2.39. The zero-order valence-corrected chi connectivity index (χ0v) is 15.1. The maximum atomic E-state index is 13.1. The molecule has 0 unspecified atom stereocenters. The third-order valence-electron chi connectivity index (χ3n) is 5.73. The van der Waals surface area contributed by atoms with Gasteiger partial charge in [0.05, 0.1) is 5.56 Å². The van der Waals surface area contributed by atoms with E-state index in [4.69, 9.17) is 0 Å². The molecule has 2 aliphatic rings. The van der Waals surface area contributed by atoms with Crippen molar-refractivity contribution in [2.24, 2.45) is 5.92 Å². The number of fused-ring (bicyclic) bond motifs is 1. The van der Waals surface area contributed by atoms with Gasteiger partial charge in [0.25, 0.3) is 5.91 Å². The van der Waals surface area contributed by atoms with Crippen molar-refractivity contribution in [2.75, 3.05) is 6.54 Å². The van der Waals surface area contributed by atoms with Gasteiger partial charge in [0.1, 0.15) is 5.82 Å². The fraction of sp³-hybridized carbons (Fsp3) is 0.364. The van der Waals surface area contributed by atoms with Crippen molar-refractivity contribution in [1.29, 1.82) is 0 Å². The van der Waals surface area contributed by atoms with Gasteiger partial charge >= 0.3 is 0 Å². The van der Waals surface area contributed by atoms with Crippen LogP contribution < -0.4 is 10.6 Å². The standard InChI is InChI=1S/C22H23FN2O2/c23-16-10-8-14(9-11-16)21(26)18-5-1-2-6-19(18)22(27)24-13-17-12-15-4-3-7-20(15)25-17/h1-2,5-6,8-11,15,17,20,25H,3-4,7,12-13H2,(H,24,27)/t15-,17-,20-/m0/s1. The predicted octanol–water partition coefficient (Wildman–Crippen LogP) is 3.32. The molecule has 1 aliphatic carbocycles. The van der Waals surface area contributed by atoms with Crippen LogP contribution in [0.4, 0.5) is 4.39 Å². The number of amides is 1. The first-order chi connectivity index (χ1) is 13.1. The van der Waals surface area contributed by atoms with Crippen LogP contribution in [0, 0.1) is 11.7 Å². The summed E-state index contributed by atoms with van der Waals surface area (Å²) in [5.74, 6) is -0.195. The van der Waals surface area contributed by atoms with Crippen LogP contribution in [0.25, 0.3) is 0 Å². The lowest BCUT2D eigenvalue weighted by atomic mass is 9.97. The molecule has 0 aromatic heterocycles. The predicted molar refractivity (Wildman–Crippen MR) is 101 cm³/mol. The zero-order valence-electron chi connectivity index (χ0n) is 15.1. The molecule has 3 atom stereocenters. The maximum absolute atomic E-state index is 13.1. The number of hydrogen-bond acceptors (Lipinski definition) is 3. The topological polar surface area (TPSA) is 58.2 Å². The van der Waals surface area contributed by atoms with Crippen LogP contribution in [-0.4, -0.2) is 30.3 Å². The Hall–Kier alpha value is -2.53. The quantitative estimate of drug-likeness (QED) is 0.798. The van der Waals surface area contributed by atoms with Gasteiger partial charge in [0.15, 0.2) is 5.78 Å². The van der Waals surface area contributed by atoms with Crippen molar-refractivity contribution in [2.45, 2.75) is 37.8 Å². The highest BCUT2D eigenvalue weighted by molar-refractivity contribution is 6.15. The molecule has 5 heteroatoms. The Balaban J connectivity index is 1.44. The highest BCUT2D eigenvalue weighted by atomic mass is 19.1. The average Bonchev–Trinajstić information content (AvgIpc) is 3.28. The van der Waals surface area contributed by atoms with Crippen molar-refractivity contribution in [3.05, 3.63) is 71.0 Å². The summed E-state index contributed by atoms with van der Waals surface area (Å²) >= 11 is 0.